The van der Waals surface area contributed by atoms with Crippen molar-refractivity contribution in [1.82, 2.24) is 0 Å². The summed E-state index contributed by atoms with van der Waals surface area (Å²) in [6.45, 7) is 1.48. The number of rotatable bonds is 4. The first-order chi connectivity index (χ1) is 16.9. The number of fused-ring (bicyclic) bond motifs is 8. The number of epoxide rings is 1. The van der Waals surface area contributed by atoms with Crippen molar-refractivity contribution in [3.8, 4) is 17.2 Å². The lowest BCUT2D eigenvalue weighted by atomic mass is 9.72. The summed E-state index contributed by atoms with van der Waals surface area (Å²) in [4.78, 5) is 15.7. The van der Waals surface area contributed by atoms with Crippen molar-refractivity contribution in [3.05, 3.63) is 38.8 Å². The van der Waals surface area contributed by atoms with Crippen molar-refractivity contribution >= 4 is 16.6 Å². The molecule has 3 unspecified atom stereocenters. The van der Waals surface area contributed by atoms with Crippen molar-refractivity contribution in [2.75, 3.05) is 26.9 Å². The summed E-state index contributed by atoms with van der Waals surface area (Å²) >= 11 is 0. The highest BCUT2D eigenvalue weighted by Gasteiger charge is 2.89. The largest absolute Gasteiger partial charge is 0.506 e. The van der Waals surface area contributed by atoms with Gasteiger partial charge in [-0.2, -0.15) is 0 Å². The fourth-order valence-corrected chi connectivity index (χ4v) is 6.83. The van der Waals surface area contributed by atoms with Crippen LogP contribution in [0.3, 0.4) is 0 Å². The molecule has 11 nitrogen and oxygen atoms in total. The van der Waals surface area contributed by atoms with Crippen molar-refractivity contribution < 1.29 is 38.7 Å². The van der Waals surface area contributed by atoms with Gasteiger partial charge in [0, 0.05) is 27.8 Å². The summed E-state index contributed by atoms with van der Waals surface area (Å²) in [7, 11) is 1.54. The highest BCUT2D eigenvalue weighted by Crippen LogP contribution is 2.70. The van der Waals surface area contributed by atoms with Gasteiger partial charge in [-0.1, -0.05) is 5.11 Å². The second kappa shape index (κ2) is 6.57. The van der Waals surface area contributed by atoms with Crippen LogP contribution in [0.4, 0.5) is 0 Å². The van der Waals surface area contributed by atoms with Gasteiger partial charge in [0.1, 0.15) is 29.5 Å². The first-order valence-corrected chi connectivity index (χ1v) is 11.6. The quantitative estimate of drug-likeness (QED) is 0.292. The number of methoxy groups -OCH3 is 1. The molecule has 5 aliphatic rings. The van der Waals surface area contributed by atoms with E-state index in [9.17, 15) is 15.0 Å². The molecule has 2 aromatic carbocycles. The van der Waals surface area contributed by atoms with Gasteiger partial charge in [-0.3, -0.25) is 4.79 Å². The number of ketones is 1. The zero-order valence-electron chi connectivity index (χ0n) is 19.2. The third-order valence-electron chi connectivity index (χ3n) is 8.38. The standard InChI is InChI=1S/C24H23N3O8/c1-10-6-12-16(17(30)15-11(18(12)31-2)4-3-5-13(15)29)19-14(10)20-21-22(8-28,33-19)23(9-32-23)24(34-20,35-21)7-26-27-25/h6,20-21,28,30H,3-5,7-9H2,1-2H3/t20?,21?,22-,23+,24?/m1/s1. The lowest BCUT2D eigenvalue weighted by Crippen LogP contribution is -2.68. The van der Waals surface area contributed by atoms with Crippen molar-refractivity contribution in [2.45, 2.75) is 55.4 Å². The average molecular weight is 481 g/mol. The van der Waals surface area contributed by atoms with Gasteiger partial charge in [-0.15, -0.1) is 0 Å². The number of aliphatic hydroxyl groups excluding tert-OH is 1. The van der Waals surface area contributed by atoms with E-state index in [2.05, 4.69) is 10.0 Å². The number of nitrogens with zero attached hydrogens (tertiary/aromatic N) is 3. The Kier molecular flexibility index (Phi) is 3.98. The number of phenolic OH excluding ortho intramolecular Hbond substituents is 1. The Morgan fingerprint density at radius 3 is 2.83 bits per heavy atom. The number of aromatic hydroxyl groups is 1. The summed E-state index contributed by atoms with van der Waals surface area (Å²) in [5.41, 5.74) is 8.81. The molecular formula is C24H23N3O8. The van der Waals surface area contributed by atoms with Gasteiger partial charge in [0.05, 0.1) is 37.8 Å². The second-order valence-electron chi connectivity index (χ2n) is 9.86. The summed E-state index contributed by atoms with van der Waals surface area (Å²) < 4.78 is 31.0. The Morgan fingerprint density at radius 2 is 2.14 bits per heavy atom. The number of ether oxygens (including phenoxy) is 5. The third kappa shape index (κ3) is 2.18. The number of aliphatic hydroxyl groups is 1. The summed E-state index contributed by atoms with van der Waals surface area (Å²) in [6, 6.07) is 1.89. The Bertz CT molecular complexity index is 1400. The Hall–Kier alpha value is -3.08. The number of phenols is 1. The Labute approximate surface area is 199 Å². The number of carbonyl (C=O) groups excluding carboxylic acids is 1. The third-order valence-corrected chi connectivity index (χ3v) is 8.38. The van der Waals surface area contributed by atoms with Crippen LogP contribution in [0.5, 0.6) is 17.2 Å². The highest BCUT2D eigenvalue weighted by atomic mass is 16.8. The molecule has 1 aliphatic carbocycles. The molecule has 5 atom stereocenters. The average Bonchev–Trinajstić information content (AvgIpc) is 3.51. The fourth-order valence-electron chi connectivity index (χ4n) is 6.83. The van der Waals surface area contributed by atoms with E-state index in [-0.39, 0.29) is 30.2 Å². The van der Waals surface area contributed by atoms with E-state index in [1.807, 2.05) is 13.0 Å². The van der Waals surface area contributed by atoms with Crippen LogP contribution in [0.2, 0.25) is 0 Å². The van der Waals surface area contributed by atoms with Gasteiger partial charge < -0.3 is 33.9 Å². The molecular weight excluding hydrogens is 458 g/mol. The maximum atomic E-state index is 12.9. The van der Waals surface area contributed by atoms with Crippen LogP contribution in [0.15, 0.2) is 11.2 Å². The molecule has 1 spiro atoms. The number of benzene rings is 2. The smallest absolute Gasteiger partial charge is 0.211 e. The zero-order valence-corrected chi connectivity index (χ0v) is 19.2. The van der Waals surface area contributed by atoms with E-state index in [1.54, 1.807) is 7.11 Å². The molecule has 2 N–H and O–H groups in total. The normalized spacial score (nSPS) is 35.5. The SMILES string of the molecule is COc1c2c(c(O)c3c4c(c(C)cc13)C1OC3(CN=[N+]=[N-])OC1[C@@](CO)(O4)[C@@]31CO1)C(=O)CCC2. The Balaban J connectivity index is 1.54. The number of hydrogen-bond donors (Lipinski definition) is 2. The van der Waals surface area contributed by atoms with E-state index in [4.69, 9.17) is 29.2 Å². The van der Waals surface area contributed by atoms with Gasteiger partial charge in [-0.05, 0) is 36.9 Å². The minimum atomic E-state index is -1.40. The van der Waals surface area contributed by atoms with Crippen LogP contribution < -0.4 is 9.47 Å². The first kappa shape index (κ1) is 21.2. The molecule has 35 heavy (non-hydrogen) atoms. The maximum Gasteiger partial charge on any atom is 0.211 e. The number of hydrogen-bond acceptors (Lipinski definition) is 9. The molecule has 4 heterocycles. The fraction of sp³-hybridized carbons (Fsp3) is 0.542. The molecule has 182 valence electrons. The van der Waals surface area contributed by atoms with Crippen molar-refractivity contribution in [1.29, 1.82) is 0 Å². The van der Waals surface area contributed by atoms with Gasteiger partial charge in [-0.25, -0.2) is 0 Å². The van der Waals surface area contributed by atoms with Gasteiger partial charge in [0.25, 0.3) is 0 Å². The molecule has 2 bridgehead atoms. The van der Waals surface area contributed by atoms with Gasteiger partial charge in [0.2, 0.25) is 5.79 Å². The zero-order chi connectivity index (χ0) is 24.3. The molecule has 3 saturated heterocycles. The van der Waals surface area contributed by atoms with Crippen molar-refractivity contribution in [2.24, 2.45) is 5.11 Å². The van der Waals surface area contributed by atoms with E-state index in [0.717, 1.165) is 5.56 Å². The summed E-state index contributed by atoms with van der Waals surface area (Å²) in [5, 5.41) is 26.8. The van der Waals surface area contributed by atoms with Crippen molar-refractivity contribution in [3.63, 3.8) is 0 Å². The number of Topliss-reactive ketones (excluding diaryl/α,β-unsaturated/α-hetero) is 1. The lowest BCUT2D eigenvalue weighted by Gasteiger charge is -2.48. The van der Waals surface area contributed by atoms with Crippen LogP contribution in [0.1, 0.15) is 46.0 Å². The van der Waals surface area contributed by atoms with E-state index >= 15 is 0 Å². The first-order valence-electron chi connectivity index (χ1n) is 11.6. The Morgan fingerprint density at radius 1 is 1.34 bits per heavy atom. The molecule has 3 fully saturated rings. The number of aryl methyl sites for hydroxylation is 1. The molecule has 11 heteroatoms. The monoisotopic (exact) mass is 481 g/mol. The molecule has 0 aromatic heterocycles. The predicted molar refractivity (Wildman–Crippen MR) is 119 cm³/mol. The summed E-state index contributed by atoms with van der Waals surface area (Å²) in [5.74, 6) is -0.870. The van der Waals surface area contributed by atoms with Gasteiger partial charge >= 0.3 is 0 Å². The molecule has 0 radical (unpaired) electrons. The lowest BCUT2D eigenvalue weighted by molar-refractivity contribution is -0.221. The van der Waals surface area contributed by atoms with E-state index < -0.39 is 35.8 Å². The molecule has 4 aliphatic heterocycles. The number of carbonyl (C=O) groups is 1. The van der Waals surface area contributed by atoms with Crippen LogP contribution in [0.25, 0.3) is 21.2 Å². The molecule has 0 amide bonds. The molecule has 0 saturated carbocycles. The highest BCUT2D eigenvalue weighted by molar-refractivity contribution is 6.11. The van der Waals surface area contributed by atoms with Gasteiger partial charge in [0.15, 0.2) is 17.0 Å². The topological polar surface area (TPSA) is 156 Å². The van der Waals surface area contributed by atoms with Crippen LogP contribution in [-0.4, -0.2) is 66.0 Å². The minimum Gasteiger partial charge on any atom is -0.506 e. The van der Waals surface area contributed by atoms with E-state index in [0.29, 0.717) is 52.7 Å². The van der Waals surface area contributed by atoms with Crippen LogP contribution >= 0.6 is 0 Å². The van der Waals surface area contributed by atoms with Crippen LogP contribution in [-0.2, 0) is 20.6 Å². The number of azide groups is 1. The molecule has 2 aromatic rings. The van der Waals surface area contributed by atoms with Crippen LogP contribution in [0, 0.1) is 6.92 Å². The predicted octanol–water partition coefficient (Wildman–Crippen LogP) is 2.75. The second-order valence-corrected chi connectivity index (χ2v) is 9.86. The van der Waals surface area contributed by atoms with E-state index in [1.165, 1.54) is 0 Å². The maximum absolute atomic E-state index is 12.9. The molecule has 7 rings (SSSR count). The minimum absolute atomic E-state index is 0.148. The summed E-state index contributed by atoms with van der Waals surface area (Å²) in [6.07, 6.45) is 0.243.